The molecule has 180 valence electrons. The third kappa shape index (κ3) is 5.62. The Balaban J connectivity index is 1.56. The van der Waals surface area contributed by atoms with Gasteiger partial charge in [-0.25, -0.2) is 0 Å². The van der Waals surface area contributed by atoms with Gasteiger partial charge in [-0.2, -0.15) is 13.2 Å². The molecular formula is C28H30F3NO2. The Morgan fingerprint density at radius 1 is 0.882 bits per heavy atom. The number of alkyl halides is 3. The molecule has 6 heteroatoms. The first kappa shape index (κ1) is 24.3. The van der Waals surface area contributed by atoms with E-state index in [4.69, 9.17) is 9.47 Å². The van der Waals surface area contributed by atoms with Gasteiger partial charge in [0.2, 0.25) is 0 Å². The van der Waals surface area contributed by atoms with Crippen molar-refractivity contribution in [2.45, 2.75) is 31.0 Å². The zero-order valence-electron chi connectivity index (χ0n) is 19.6. The molecule has 0 unspecified atom stereocenters. The van der Waals surface area contributed by atoms with Gasteiger partial charge in [0.15, 0.2) is 0 Å². The summed E-state index contributed by atoms with van der Waals surface area (Å²) in [5.74, 6) is 0.656. The maximum atomic E-state index is 13.6. The van der Waals surface area contributed by atoms with E-state index in [-0.39, 0.29) is 12.0 Å². The Bertz CT molecular complexity index is 1070. The molecule has 0 atom stereocenters. The van der Waals surface area contributed by atoms with Crippen LogP contribution >= 0.6 is 0 Å². The minimum atomic E-state index is -4.43. The summed E-state index contributed by atoms with van der Waals surface area (Å²) < 4.78 is 52.3. The number of hydrogen-bond acceptors (Lipinski definition) is 3. The predicted octanol–water partition coefficient (Wildman–Crippen LogP) is 6.56. The number of piperidine rings is 1. The van der Waals surface area contributed by atoms with E-state index in [1.54, 1.807) is 37.4 Å². The summed E-state index contributed by atoms with van der Waals surface area (Å²) in [7, 11) is 3.67. The number of rotatable bonds is 7. The summed E-state index contributed by atoms with van der Waals surface area (Å²) in [5.41, 5.74) is 2.14. The van der Waals surface area contributed by atoms with Crippen molar-refractivity contribution in [2.24, 2.45) is 0 Å². The standard InChI is InChI=1S/C28H30F3NO2/c1-32-14-12-27(13-15-32,24-6-4-3-5-7-24)20-34-19-21-16-23(18-25(17-21)28(29,30)31)22-8-10-26(33-2)11-9-22/h3-11,16-18H,12-15,19-20H2,1-2H3. The molecule has 1 fully saturated rings. The molecule has 0 aromatic heterocycles. The van der Waals surface area contributed by atoms with Gasteiger partial charge in [-0.15, -0.1) is 0 Å². The molecule has 0 amide bonds. The van der Waals surface area contributed by atoms with Crippen LogP contribution in [0.3, 0.4) is 0 Å². The van der Waals surface area contributed by atoms with Gasteiger partial charge in [-0.05, 0) is 85.6 Å². The van der Waals surface area contributed by atoms with Crippen LogP contribution in [0.25, 0.3) is 11.1 Å². The summed E-state index contributed by atoms with van der Waals surface area (Å²) >= 11 is 0. The third-order valence-electron chi connectivity index (χ3n) is 6.72. The zero-order chi connectivity index (χ0) is 24.2. The van der Waals surface area contributed by atoms with E-state index in [1.165, 1.54) is 17.7 Å². The molecule has 0 spiro atoms. The lowest BCUT2D eigenvalue weighted by Gasteiger charge is -2.41. The van der Waals surface area contributed by atoms with Crippen LogP contribution in [0, 0.1) is 0 Å². The fraction of sp³-hybridized carbons (Fsp3) is 0.357. The van der Waals surface area contributed by atoms with E-state index in [1.807, 2.05) is 18.2 Å². The highest BCUT2D eigenvalue weighted by Crippen LogP contribution is 2.37. The number of hydrogen-bond donors (Lipinski definition) is 0. The topological polar surface area (TPSA) is 21.7 Å². The van der Waals surface area contributed by atoms with Gasteiger partial charge < -0.3 is 14.4 Å². The molecule has 3 aromatic carbocycles. The van der Waals surface area contributed by atoms with Crippen molar-refractivity contribution >= 4 is 0 Å². The first-order chi connectivity index (χ1) is 16.3. The molecule has 0 N–H and O–H groups in total. The van der Waals surface area contributed by atoms with Gasteiger partial charge in [-0.3, -0.25) is 0 Å². The normalized spacial score (nSPS) is 16.4. The molecule has 3 aromatic rings. The number of nitrogens with zero attached hydrogens (tertiary/aromatic N) is 1. The highest BCUT2D eigenvalue weighted by atomic mass is 19.4. The molecule has 34 heavy (non-hydrogen) atoms. The van der Waals surface area contributed by atoms with Crippen LogP contribution in [0.15, 0.2) is 72.8 Å². The molecular weight excluding hydrogens is 439 g/mol. The number of ether oxygens (including phenoxy) is 2. The van der Waals surface area contributed by atoms with E-state index in [0.717, 1.165) is 25.9 Å². The van der Waals surface area contributed by atoms with E-state index in [9.17, 15) is 13.2 Å². The van der Waals surface area contributed by atoms with E-state index < -0.39 is 11.7 Å². The van der Waals surface area contributed by atoms with Crippen molar-refractivity contribution in [1.82, 2.24) is 4.90 Å². The Hall–Kier alpha value is -2.83. The number of methoxy groups -OCH3 is 1. The average Bonchev–Trinajstić information content (AvgIpc) is 2.85. The van der Waals surface area contributed by atoms with Crippen molar-refractivity contribution in [1.29, 1.82) is 0 Å². The molecule has 0 bridgehead atoms. The number of likely N-dealkylation sites (tertiary alicyclic amines) is 1. The summed E-state index contributed by atoms with van der Waals surface area (Å²) in [5, 5.41) is 0. The molecule has 3 nitrogen and oxygen atoms in total. The largest absolute Gasteiger partial charge is 0.497 e. The van der Waals surface area contributed by atoms with Crippen molar-refractivity contribution in [3.8, 4) is 16.9 Å². The van der Waals surface area contributed by atoms with Crippen molar-refractivity contribution in [3.63, 3.8) is 0 Å². The molecule has 0 saturated carbocycles. The van der Waals surface area contributed by atoms with Gasteiger partial charge in [0, 0.05) is 5.41 Å². The lowest BCUT2D eigenvalue weighted by molar-refractivity contribution is -0.137. The van der Waals surface area contributed by atoms with Gasteiger partial charge >= 0.3 is 6.18 Å². The smallest absolute Gasteiger partial charge is 0.416 e. The number of halogens is 3. The zero-order valence-corrected chi connectivity index (χ0v) is 19.6. The third-order valence-corrected chi connectivity index (χ3v) is 6.72. The second-order valence-electron chi connectivity index (χ2n) is 9.09. The fourth-order valence-corrected chi connectivity index (χ4v) is 4.61. The minimum Gasteiger partial charge on any atom is -0.497 e. The summed E-state index contributed by atoms with van der Waals surface area (Å²) in [6.45, 7) is 2.52. The maximum absolute atomic E-state index is 13.6. The minimum absolute atomic E-state index is 0.123. The van der Waals surface area contributed by atoms with Gasteiger partial charge in [0.05, 0.1) is 25.9 Å². The average molecular weight is 470 g/mol. The van der Waals surface area contributed by atoms with Crippen molar-refractivity contribution in [3.05, 3.63) is 89.5 Å². The molecule has 1 aliphatic rings. The number of benzene rings is 3. The molecule has 4 rings (SSSR count). The van der Waals surface area contributed by atoms with Crippen LogP contribution in [0.2, 0.25) is 0 Å². The molecule has 0 radical (unpaired) electrons. The van der Waals surface area contributed by atoms with E-state index in [0.29, 0.717) is 29.0 Å². The SMILES string of the molecule is COc1ccc(-c2cc(COCC3(c4ccccc4)CCN(C)CC3)cc(C(F)(F)F)c2)cc1. The Kier molecular flexibility index (Phi) is 7.29. The van der Waals surface area contributed by atoms with Crippen LogP contribution in [0.1, 0.15) is 29.5 Å². The molecule has 1 aliphatic heterocycles. The second kappa shape index (κ2) is 10.2. The van der Waals surface area contributed by atoms with Crippen molar-refractivity contribution < 1.29 is 22.6 Å². The summed E-state index contributed by atoms with van der Waals surface area (Å²) in [6, 6.07) is 21.5. The Morgan fingerprint density at radius 2 is 1.56 bits per heavy atom. The van der Waals surface area contributed by atoms with Gasteiger partial charge in [0.1, 0.15) is 5.75 Å². The first-order valence-corrected chi connectivity index (χ1v) is 11.5. The van der Waals surface area contributed by atoms with Crippen molar-refractivity contribution in [2.75, 3.05) is 33.9 Å². The quantitative estimate of drug-likeness (QED) is 0.391. The molecule has 0 aliphatic carbocycles. The first-order valence-electron chi connectivity index (χ1n) is 11.5. The monoisotopic (exact) mass is 469 g/mol. The molecule has 1 saturated heterocycles. The fourth-order valence-electron chi connectivity index (χ4n) is 4.61. The van der Waals surface area contributed by atoms with E-state index in [2.05, 4.69) is 24.1 Å². The highest BCUT2D eigenvalue weighted by Gasteiger charge is 2.36. The van der Waals surface area contributed by atoms with Crippen LogP contribution in [0.5, 0.6) is 5.75 Å². The van der Waals surface area contributed by atoms with Gasteiger partial charge in [0.25, 0.3) is 0 Å². The predicted molar refractivity (Wildman–Crippen MR) is 128 cm³/mol. The summed E-state index contributed by atoms with van der Waals surface area (Å²) in [4.78, 5) is 2.30. The lowest BCUT2D eigenvalue weighted by Crippen LogP contribution is -2.43. The van der Waals surface area contributed by atoms with Crippen LogP contribution in [-0.4, -0.2) is 38.8 Å². The van der Waals surface area contributed by atoms with Crippen LogP contribution < -0.4 is 4.74 Å². The second-order valence-corrected chi connectivity index (χ2v) is 9.09. The van der Waals surface area contributed by atoms with Gasteiger partial charge in [-0.1, -0.05) is 42.5 Å². The van der Waals surface area contributed by atoms with Crippen LogP contribution in [-0.2, 0) is 22.9 Å². The summed E-state index contributed by atoms with van der Waals surface area (Å²) in [6.07, 6.45) is -2.53. The Labute approximate surface area is 199 Å². The Morgan fingerprint density at radius 3 is 2.18 bits per heavy atom. The molecule has 1 heterocycles. The lowest BCUT2D eigenvalue weighted by atomic mass is 9.73. The van der Waals surface area contributed by atoms with Crippen LogP contribution in [0.4, 0.5) is 13.2 Å². The van der Waals surface area contributed by atoms with E-state index >= 15 is 0 Å². The maximum Gasteiger partial charge on any atom is 0.416 e. The highest BCUT2D eigenvalue weighted by molar-refractivity contribution is 5.66.